The van der Waals surface area contributed by atoms with Crippen molar-refractivity contribution in [3.05, 3.63) is 22.8 Å². The van der Waals surface area contributed by atoms with Gasteiger partial charge in [-0.1, -0.05) is 11.6 Å². The molecule has 1 heterocycles. The zero-order valence-corrected chi connectivity index (χ0v) is 9.49. The quantitative estimate of drug-likeness (QED) is 0.837. The molecule has 0 aliphatic rings. The number of methoxy groups -OCH3 is 1. The first-order valence-corrected chi connectivity index (χ1v) is 4.97. The monoisotopic (exact) mass is 231 g/mol. The maximum atomic E-state index is 8.95. The van der Waals surface area contributed by atoms with E-state index in [4.69, 9.17) is 26.2 Å². The lowest BCUT2D eigenvalue weighted by atomic mass is 10.3. The SMILES string of the molecule is COCC(C)Oc1ccc(Cl)c(CO)n1. The number of pyridine rings is 1. The van der Waals surface area contributed by atoms with Gasteiger partial charge in [-0.2, -0.15) is 0 Å². The minimum absolute atomic E-state index is 0.0878. The van der Waals surface area contributed by atoms with Crippen LogP contribution in [-0.2, 0) is 11.3 Å². The molecule has 0 saturated carbocycles. The Hall–Kier alpha value is -0.840. The zero-order valence-electron chi connectivity index (χ0n) is 8.74. The normalized spacial score (nSPS) is 12.5. The molecule has 4 nitrogen and oxygen atoms in total. The molecular weight excluding hydrogens is 218 g/mol. The van der Waals surface area contributed by atoms with E-state index in [1.165, 1.54) is 0 Å². The van der Waals surface area contributed by atoms with E-state index >= 15 is 0 Å². The van der Waals surface area contributed by atoms with Gasteiger partial charge in [0.25, 0.3) is 0 Å². The number of hydrogen-bond donors (Lipinski definition) is 1. The smallest absolute Gasteiger partial charge is 0.213 e. The molecule has 0 aromatic carbocycles. The molecule has 1 N–H and O–H groups in total. The van der Waals surface area contributed by atoms with E-state index in [1.54, 1.807) is 19.2 Å². The number of ether oxygens (including phenoxy) is 2. The second kappa shape index (κ2) is 5.90. The Morgan fingerprint density at radius 2 is 2.27 bits per heavy atom. The first kappa shape index (κ1) is 12.2. The Labute approximate surface area is 93.8 Å². The number of hydrogen-bond acceptors (Lipinski definition) is 4. The van der Waals surface area contributed by atoms with Crippen LogP contribution >= 0.6 is 11.6 Å². The summed E-state index contributed by atoms with van der Waals surface area (Å²) < 4.78 is 10.4. The van der Waals surface area contributed by atoms with Crippen molar-refractivity contribution in [1.29, 1.82) is 0 Å². The molecule has 1 atom stereocenters. The summed E-state index contributed by atoms with van der Waals surface area (Å²) in [6.07, 6.45) is -0.0878. The zero-order chi connectivity index (χ0) is 11.3. The van der Waals surface area contributed by atoms with Gasteiger partial charge in [0, 0.05) is 13.2 Å². The molecule has 1 rings (SSSR count). The van der Waals surface area contributed by atoms with E-state index in [-0.39, 0.29) is 12.7 Å². The number of halogens is 1. The highest BCUT2D eigenvalue weighted by molar-refractivity contribution is 6.31. The maximum Gasteiger partial charge on any atom is 0.213 e. The van der Waals surface area contributed by atoms with Crippen LogP contribution in [0.2, 0.25) is 5.02 Å². The van der Waals surface area contributed by atoms with Crippen molar-refractivity contribution in [1.82, 2.24) is 4.98 Å². The molecule has 0 fully saturated rings. The van der Waals surface area contributed by atoms with Crippen LogP contribution < -0.4 is 4.74 Å². The van der Waals surface area contributed by atoms with Crippen molar-refractivity contribution in [2.24, 2.45) is 0 Å². The second-order valence-corrected chi connectivity index (χ2v) is 3.53. The van der Waals surface area contributed by atoms with Crippen LogP contribution in [0.15, 0.2) is 12.1 Å². The van der Waals surface area contributed by atoms with E-state index in [1.807, 2.05) is 6.92 Å². The Morgan fingerprint density at radius 3 is 2.87 bits per heavy atom. The largest absolute Gasteiger partial charge is 0.472 e. The highest BCUT2D eigenvalue weighted by atomic mass is 35.5. The van der Waals surface area contributed by atoms with Gasteiger partial charge in [0.2, 0.25) is 5.88 Å². The van der Waals surface area contributed by atoms with Gasteiger partial charge in [-0.15, -0.1) is 0 Å². The molecule has 0 aliphatic carbocycles. The van der Waals surface area contributed by atoms with Crippen molar-refractivity contribution in [2.45, 2.75) is 19.6 Å². The lowest BCUT2D eigenvalue weighted by molar-refractivity contribution is 0.0886. The highest BCUT2D eigenvalue weighted by Gasteiger charge is 2.07. The summed E-state index contributed by atoms with van der Waals surface area (Å²) in [5.74, 6) is 0.438. The van der Waals surface area contributed by atoms with Crippen molar-refractivity contribution in [3.63, 3.8) is 0 Å². The Bertz CT molecular complexity index is 320. The Kier molecular flexibility index (Phi) is 4.81. The van der Waals surface area contributed by atoms with Crippen molar-refractivity contribution < 1.29 is 14.6 Å². The van der Waals surface area contributed by atoms with Gasteiger partial charge >= 0.3 is 0 Å². The van der Waals surface area contributed by atoms with Crippen molar-refractivity contribution in [2.75, 3.05) is 13.7 Å². The minimum atomic E-state index is -0.200. The maximum absolute atomic E-state index is 8.95. The third kappa shape index (κ3) is 3.66. The van der Waals surface area contributed by atoms with Crippen molar-refractivity contribution >= 4 is 11.6 Å². The fraction of sp³-hybridized carbons (Fsp3) is 0.500. The highest BCUT2D eigenvalue weighted by Crippen LogP contribution is 2.18. The van der Waals surface area contributed by atoms with Gasteiger partial charge in [0.1, 0.15) is 6.10 Å². The first-order valence-electron chi connectivity index (χ1n) is 4.59. The topological polar surface area (TPSA) is 51.6 Å². The summed E-state index contributed by atoms with van der Waals surface area (Å²) >= 11 is 5.79. The fourth-order valence-electron chi connectivity index (χ4n) is 1.12. The first-order chi connectivity index (χ1) is 7.17. The van der Waals surface area contributed by atoms with E-state index in [9.17, 15) is 0 Å². The van der Waals surface area contributed by atoms with Gasteiger partial charge in [-0.05, 0) is 13.0 Å². The summed E-state index contributed by atoms with van der Waals surface area (Å²) in [7, 11) is 1.61. The van der Waals surface area contributed by atoms with Crippen LogP contribution in [0.1, 0.15) is 12.6 Å². The van der Waals surface area contributed by atoms with E-state index in [0.29, 0.717) is 23.2 Å². The predicted molar refractivity (Wildman–Crippen MR) is 57.1 cm³/mol. The van der Waals surface area contributed by atoms with Crippen molar-refractivity contribution in [3.8, 4) is 5.88 Å². The summed E-state index contributed by atoms with van der Waals surface area (Å²) in [5.41, 5.74) is 0.416. The molecule has 0 radical (unpaired) electrons. The number of aromatic nitrogens is 1. The van der Waals surface area contributed by atoms with Crippen LogP contribution in [0.3, 0.4) is 0 Å². The average molecular weight is 232 g/mol. The fourth-order valence-corrected chi connectivity index (χ4v) is 1.28. The van der Waals surface area contributed by atoms with Gasteiger partial charge in [-0.3, -0.25) is 0 Å². The Morgan fingerprint density at radius 1 is 1.53 bits per heavy atom. The molecule has 0 spiro atoms. The number of aliphatic hydroxyl groups excluding tert-OH is 1. The third-order valence-corrected chi connectivity index (χ3v) is 2.11. The number of nitrogens with zero attached hydrogens (tertiary/aromatic N) is 1. The summed E-state index contributed by atoms with van der Waals surface area (Å²) in [4.78, 5) is 4.05. The lowest BCUT2D eigenvalue weighted by Gasteiger charge is -2.13. The van der Waals surface area contributed by atoms with Gasteiger partial charge in [0.05, 0.1) is 23.9 Å². The molecular formula is C10H14ClNO3. The minimum Gasteiger partial charge on any atom is -0.472 e. The van der Waals surface area contributed by atoms with Gasteiger partial charge in [-0.25, -0.2) is 4.98 Å². The summed E-state index contributed by atoms with van der Waals surface area (Å²) in [6.45, 7) is 2.16. The average Bonchev–Trinajstić information content (AvgIpc) is 2.21. The number of aliphatic hydroxyl groups is 1. The van der Waals surface area contributed by atoms with Gasteiger partial charge < -0.3 is 14.6 Å². The van der Waals surface area contributed by atoms with E-state index in [0.717, 1.165) is 0 Å². The molecule has 1 aromatic rings. The summed E-state index contributed by atoms with van der Waals surface area (Å²) in [5, 5.41) is 9.39. The summed E-state index contributed by atoms with van der Waals surface area (Å²) in [6, 6.07) is 3.31. The molecule has 1 unspecified atom stereocenters. The molecule has 0 amide bonds. The Balaban J connectivity index is 2.69. The standard InChI is InChI=1S/C10H14ClNO3/c1-7(6-14-2)15-10-4-3-8(11)9(5-13)12-10/h3-4,7,13H,5-6H2,1-2H3. The van der Waals surface area contributed by atoms with Crippen LogP contribution in [-0.4, -0.2) is 29.9 Å². The third-order valence-electron chi connectivity index (χ3n) is 1.77. The molecule has 15 heavy (non-hydrogen) atoms. The van der Waals surface area contributed by atoms with Crippen LogP contribution in [0, 0.1) is 0 Å². The number of rotatable bonds is 5. The molecule has 1 aromatic heterocycles. The predicted octanol–water partition coefficient (Wildman–Crippen LogP) is 1.64. The molecule has 5 heteroatoms. The van der Waals surface area contributed by atoms with Crippen LogP contribution in [0.25, 0.3) is 0 Å². The van der Waals surface area contributed by atoms with Crippen LogP contribution in [0.4, 0.5) is 0 Å². The molecule has 0 bridgehead atoms. The molecule has 84 valence electrons. The molecule has 0 saturated heterocycles. The second-order valence-electron chi connectivity index (χ2n) is 3.12. The molecule has 0 aliphatic heterocycles. The van der Waals surface area contributed by atoms with Gasteiger partial charge in [0.15, 0.2) is 0 Å². The van der Waals surface area contributed by atoms with E-state index < -0.39 is 0 Å². The van der Waals surface area contributed by atoms with Crippen LogP contribution in [0.5, 0.6) is 5.88 Å². The lowest BCUT2D eigenvalue weighted by Crippen LogP contribution is -2.18. The van der Waals surface area contributed by atoms with E-state index in [2.05, 4.69) is 4.98 Å².